The Morgan fingerprint density at radius 3 is 2.62 bits per heavy atom. The number of esters is 1. The van der Waals surface area contributed by atoms with Crippen molar-refractivity contribution in [2.45, 2.75) is 19.9 Å². The average Bonchev–Trinajstić information content (AvgIpc) is 2.47. The van der Waals surface area contributed by atoms with Gasteiger partial charge in [0.15, 0.2) is 0 Å². The number of nitrogens with zero attached hydrogens (tertiary/aromatic N) is 1. The molecule has 1 heterocycles. The Balaban J connectivity index is 2.64. The van der Waals surface area contributed by atoms with Crippen LogP contribution in [-0.4, -0.2) is 36.0 Å². The van der Waals surface area contributed by atoms with Crippen LogP contribution in [0.15, 0.2) is 35.9 Å². The number of imide groups is 1. The van der Waals surface area contributed by atoms with Crippen LogP contribution >= 0.6 is 0 Å². The van der Waals surface area contributed by atoms with E-state index in [0.717, 1.165) is 4.90 Å². The second-order valence-electron chi connectivity index (χ2n) is 4.50. The second kappa shape index (κ2) is 6.21. The van der Waals surface area contributed by atoms with E-state index in [2.05, 4.69) is 5.32 Å². The Morgan fingerprint density at radius 2 is 2.05 bits per heavy atom. The van der Waals surface area contributed by atoms with E-state index in [0.29, 0.717) is 12.0 Å². The summed E-state index contributed by atoms with van der Waals surface area (Å²) in [6, 6.07) is 7.71. The molecule has 1 aliphatic rings. The third-order valence-electron chi connectivity index (χ3n) is 3.14. The van der Waals surface area contributed by atoms with Crippen molar-refractivity contribution in [1.82, 2.24) is 10.2 Å². The van der Waals surface area contributed by atoms with Gasteiger partial charge in [0.2, 0.25) is 6.41 Å². The maximum absolute atomic E-state index is 12.2. The minimum Gasteiger partial charge on any atom is -0.463 e. The van der Waals surface area contributed by atoms with Crippen LogP contribution in [0.3, 0.4) is 0 Å². The van der Waals surface area contributed by atoms with Crippen LogP contribution in [0.1, 0.15) is 19.4 Å². The van der Waals surface area contributed by atoms with E-state index in [-0.39, 0.29) is 17.9 Å². The number of urea groups is 1. The van der Waals surface area contributed by atoms with Gasteiger partial charge in [-0.3, -0.25) is 4.79 Å². The van der Waals surface area contributed by atoms with Crippen LogP contribution in [-0.2, 0) is 14.3 Å². The first-order valence-corrected chi connectivity index (χ1v) is 6.61. The van der Waals surface area contributed by atoms with E-state index >= 15 is 0 Å². The van der Waals surface area contributed by atoms with E-state index in [4.69, 9.17) is 4.74 Å². The Bertz CT molecular complexity index is 595. The van der Waals surface area contributed by atoms with Crippen LogP contribution in [0.4, 0.5) is 4.79 Å². The summed E-state index contributed by atoms with van der Waals surface area (Å²) >= 11 is 0. The average molecular weight is 288 g/mol. The predicted molar refractivity (Wildman–Crippen MR) is 75.9 cm³/mol. The summed E-state index contributed by atoms with van der Waals surface area (Å²) in [6.45, 7) is 3.59. The fourth-order valence-electron chi connectivity index (χ4n) is 2.24. The van der Waals surface area contributed by atoms with Gasteiger partial charge in [-0.25, -0.2) is 14.5 Å². The summed E-state index contributed by atoms with van der Waals surface area (Å²) in [5.74, 6) is -0.546. The molecule has 1 N–H and O–H groups in total. The zero-order chi connectivity index (χ0) is 15.4. The van der Waals surface area contributed by atoms with Crippen molar-refractivity contribution in [2.24, 2.45) is 0 Å². The molecule has 0 bridgehead atoms. The van der Waals surface area contributed by atoms with Crippen LogP contribution < -0.4 is 5.32 Å². The molecule has 1 atom stereocenters. The first-order chi connectivity index (χ1) is 10.1. The molecule has 2 rings (SSSR count). The molecule has 0 spiro atoms. The molecule has 0 radical (unpaired) electrons. The number of ether oxygens (including phenoxy) is 1. The minimum atomic E-state index is -0.565. The highest BCUT2D eigenvalue weighted by Gasteiger charge is 2.35. The molecular formula is C15H16N2O4. The Kier molecular flexibility index (Phi) is 4.37. The highest BCUT2D eigenvalue weighted by Crippen LogP contribution is 2.28. The van der Waals surface area contributed by atoms with Crippen LogP contribution in [0.5, 0.6) is 0 Å². The number of amides is 3. The lowest BCUT2D eigenvalue weighted by atomic mass is 9.98. The summed E-state index contributed by atoms with van der Waals surface area (Å²) < 4.78 is 5.04. The highest BCUT2D eigenvalue weighted by atomic mass is 16.5. The Hall–Kier alpha value is -2.63. The van der Waals surface area contributed by atoms with Crippen molar-refractivity contribution < 1.29 is 19.1 Å². The smallest absolute Gasteiger partial charge is 0.338 e. The lowest BCUT2D eigenvalue weighted by molar-refractivity contribution is -0.138. The number of nitrogens with one attached hydrogen (secondary N) is 1. The maximum Gasteiger partial charge on any atom is 0.338 e. The molecule has 6 heteroatoms. The van der Waals surface area contributed by atoms with Gasteiger partial charge in [0.05, 0.1) is 23.9 Å². The fraction of sp³-hybridized carbons (Fsp3) is 0.267. The van der Waals surface area contributed by atoms with Crippen LogP contribution in [0.2, 0.25) is 0 Å². The second-order valence-corrected chi connectivity index (χ2v) is 4.50. The van der Waals surface area contributed by atoms with Gasteiger partial charge in [-0.1, -0.05) is 30.3 Å². The normalized spacial score (nSPS) is 18.3. The predicted octanol–water partition coefficient (Wildman–Crippen LogP) is 1.53. The number of rotatable bonds is 4. The molecule has 1 aliphatic heterocycles. The van der Waals surface area contributed by atoms with Gasteiger partial charge in [-0.2, -0.15) is 0 Å². The SMILES string of the molecule is CCOC(=O)C1=C(c2ccccc2)N(C=O)C(=O)NC1C. The maximum atomic E-state index is 12.2. The molecule has 110 valence electrons. The van der Waals surface area contributed by atoms with E-state index in [1.807, 2.05) is 6.07 Å². The largest absolute Gasteiger partial charge is 0.463 e. The first-order valence-electron chi connectivity index (χ1n) is 6.61. The summed E-state index contributed by atoms with van der Waals surface area (Å²) in [4.78, 5) is 36.3. The first kappa shape index (κ1) is 14.8. The summed E-state index contributed by atoms with van der Waals surface area (Å²) in [5.41, 5.74) is 1.13. The fourth-order valence-corrected chi connectivity index (χ4v) is 2.24. The molecule has 21 heavy (non-hydrogen) atoms. The third-order valence-corrected chi connectivity index (χ3v) is 3.14. The molecule has 0 aromatic heterocycles. The van der Waals surface area contributed by atoms with Gasteiger partial charge in [0.25, 0.3) is 0 Å². The van der Waals surface area contributed by atoms with Gasteiger partial charge < -0.3 is 10.1 Å². The molecule has 3 amide bonds. The van der Waals surface area contributed by atoms with Crippen molar-refractivity contribution in [3.63, 3.8) is 0 Å². The van der Waals surface area contributed by atoms with Crippen molar-refractivity contribution in [1.29, 1.82) is 0 Å². The zero-order valence-electron chi connectivity index (χ0n) is 11.8. The highest BCUT2D eigenvalue weighted by molar-refractivity contribution is 6.08. The molecule has 1 aromatic rings. The van der Waals surface area contributed by atoms with Gasteiger partial charge in [0, 0.05) is 0 Å². The lowest BCUT2D eigenvalue weighted by Gasteiger charge is -2.31. The molecule has 0 fully saturated rings. The monoisotopic (exact) mass is 288 g/mol. The van der Waals surface area contributed by atoms with Gasteiger partial charge >= 0.3 is 12.0 Å². The van der Waals surface area contributed by atoms with Crippen molar-refractivity contribution in [2.75, 3.05) is 6.61 Å². The molecule has 0 saturated carbocycles. The number of carbonyl (C=O) groups is 3. The minimum absolute atomic E-state index is 0.214. The van der Waals surface area contributed by atoms with Gasteiger partial charge in [-0.05, 0) is 19.4 Å². The topological polar surface area (TPSA) is 75.7 Å². The molecule has 1 unspecified atom stereocenters. The third kappa shape index (κ3) is 2.79. The Labute approximate surface area is 122 Å². The molecule has 0 saturated heterocycles. The van der Waals surface area contributed by atoms with Crippen LogP contribution in [0, 0.1) is 0 Å². The van der Waals surface area contributed by atoms with Crippen molar-refractivity contribution in [3.8, 4) is 0 Å². The zero-order valence-corrected chi connectivity index (χ0v) is 11.8. The molecule has 6 nitrogen and oxygen atoms in total. The van der Waals surface area contributed by atoms with Crippen LogP contribution in [0.25, 0.3) is 5.70 Å². The molecule has 0 aliphatic carbocycles. The van der Waals surface area contributed by atoms with Gasteiger partial charge in [0.1, 0.15) is 0 Å². The van der Waals surface area contributed by atoms with Crippen molar-refractivity contribution >= 4 is 24.1 Å². The van der Waals surface area contributed by atoms with E-state index in [1.165, 1.54) is 0 Å². The van der Waals surface area contributed by atoms with Crippen molar-refractivity contribution in [3.05, 3.63) is 41.5 Å². The number of hydrogen-bond donors (Lipinski definition) is 1. The standard InChI is InChI=1S/C15H16N2O4/c1-3-21-14(19)12-10(2)16-15(20)17(9-18)13(12)11-7-5-4-6-8-11/h4-10H,3H2,1-2H3,(H,16,20). The molecular weight excluding hydrogens is 272 g/mol. The summed E-state index contributed by atoms with van der Waals surface area (Å²) in [7, 11) is 0. The Morgan fingerprint density at radius 1 is 1.38 bits per heavy atom. The summed E-state index contributed by atoms with van der Waals surface area (Å²) in [5, 5.41) is 2.57. The quantitative estimate of drug-likeness (QED) is 0.673. The van der Waals surface area contributed by atoms with E-state index in [1.54, 1.807) is 38.1 Å². The lowest BCUT2D eigenvalue weighted by Crippen LogP contribution is -2.50. The van der Waals surface area contributed by atoms with E-state index in [9.17, 15) is 14.4 Å². The van der Waals surface area contributed by atoms with Gasteiger partial charge in [-0.15, -0.1) is 0 Å². The summed E-state index contributed by atoms with van der Waals surface area (Å²) in [6.07, 6.45) is 0.392. The van der Waals surface area contributed by atoms with E-state index < -0.39 is 18.0 Å². The number of carbonyl (C=O) groups excluding carboxylic acids is 3. The number of benzene rings is 1. The molecule has 1 aromatic carbocycles. The number of hydrogen-bond acceptors (Lipinski definition) is 4.